The summed E-state index contributed by atoms with van der Waals surface area (Å²) >= 11 is 1.94. The quantitative estimate of drug-likeness (QED) is 0.509. The Hall–Kier alpha value is -1.96. The molecule has 0 aromatic heterocycles. The molecule has 0 bridgehead atoms. The molecule has 1 aliphatic carbocycles. The summed E-state index contributed by atoms with van der Waals surface area (Å²) in [7, 11) is 0. The molecule has 2 N–H and O–H groups in total. The second kappa shape index (κ2) is 11.4. The summed E-state index contributed by atoms with van der Waals surface area (Å²) in [4.78, 5) is 21.3. The van der Waals surface area contributed by atoms with Crippen molar-refractivity contribution < 1.29 is 9.18 Å². The topological polar surface area (TPSA) is 60.0 Å². The largest absolute Gasteiger partial charge is 0.368 e. The van der Waals surface area contributed by atoms with Crippen LogP contribution in [0.4, 0.5) is 10.1 Å². The lowest BCUT2D eigenvalue weighted by atomic mass is 10.2. The Labute approximate surface area is 183 Å². The second-order valence-corrected chi connectivity index (χ2v) is 9.01. The Bertz CT molecular complexity index is 706. The second-order valence-electron chi connectivity index (χ2n) is 7.87. The van der Waals surface area contributed by atoms with Crippen LogP contribution in [-0.2, 0) is 4.79 Å². The number of hydrogen-bond acceptors (Lipinski definition) is 4. The van der Waals surface area contributed by atoms with E-state index in [0.29, 0.717) is 32.1 Å². The summed E-state index contributed by atoms with van der Waals surface area (Å²) < 4.78 is 13.1. The standard InChI is InChI=1S/C22H34FN5OS/c1-3-24-22(26-18-6-9-20(16-18)30-2)25-11-10-21(29)28-14-12-27(13-15-28)19-7-4-17(23)5-8-19/h4-5,7-8,18,20H,3,6,9-16H2,1-2H3,(H2,24,25,26). The van der Waals surface area contributed by atoms with Gasteiger partial charge in [-0.05, 0) is 56.7 Å². The fourth-order valence-corrected chi connectivity index (χ4v) is 4.88. The number of guanidine groups is 1. The van der Waals surface area contributed by atoms with Crippen LogP contribution >= 0.6 is 11.8 Å². The van der Waals surface area contributed by atoms with Gasteiger partial charge in [0.1, 0.15) is 5.82 Å². The first kappa shape index (κ1) is 22.7. The average Bonchev–Trinajstić information content (AvgIpc) is 3.22. The fourth-order valence-electron chi connectivity index (χ4n) is 4.09. The molecule has 8 heteroatoms. The first-order chi connectivity index (χ1) is 14.6. The summed E-state index contributed by atoms with van der Waals surface area (Å²) in [5.41, 5.74) is 1.00. The normalized spacial score (nSPS) is 22.3. The highest BCUT2D eigenvalue weighted by Gasteiger charge is 2.25. The highest BCUT2D eigenvalue weighted by atomic mass is 32.2. The fraction of sp³-hybridized carbons (Fsp3) is 0.636. The minimum atomic E-state index is -0.225. The molecule has 1 aromatic rings. The molecule has 2 atom stereocenters. The van der Waals surface area contributed by atoms with E-state index in [9.17, 15) is 9.18 Å². The Balaban J connectivity index is 1.42. The Morgan fingerprint density at radius 3 is 2.57 bits per heavy atom. The van der Waals surface area contributed by atoms with Crippen molar-refractivity contribution in [1.82, 2.24) is 15.5 Å². The molecular formula is C22H34FN5OS. The average molecular weight is 436 g/mol. The highest BCUT2D eigenvalue weighted by molar-refractivity contribution is 7.99. The molecule has 1 aromatic carbocycles. The Morgan fingerprint density at radius 1 is 1.20 bits per heavy atom. The number of thioether (sulfide) groups is 1. The van der Waals surface area contributed by atoms with E-state index in [0.717, 1.165) is 36.5 Å². The lowest BCUT2D eigenvalue weighted by Gasteiger charge is -2.36. The molecule has 2 aliphatic rings. The molecule has 1 aliphatic heterocycles. The highest BCUT2D eigenvalue weighted by Crippen LogP contribution is 2.28. The van der Waals surface area contributed by atoms with Gasteiger partial charge in [0, 0.05) is 56.1 Å². The lowest BCUT2D eigenvalue weighted by molar-refractivity contribution is -0.131. The number of aliphatic imine (C=N–C) groups is 1. The van der Waals surface area contributed by atoms with Crippen LogP contribution in [0.1, 0.15) is 32.6 Å². The predicted octanol–water partition coefficient (Wildman–Crippen LogP) is 2.70. The SMILES string of the molecule is CCNC(=NCCC(=O)N1CCN(c2ccc(F)cc2)CC1)NC1CCC(SC)C1. The van der Waals surface area contributed by atoms with Crippen LogP contribution < -0.4 is 15.5 Å². The van der Waals surface area contributed by atoms with Gasteiger partial charge in [0.05, 0.1) is 6.54 Å². The van der Waals surface area contributed by atoms with Crippen molar-refractivity contribution in [3.8, 4) is 0 Å². The van der Waals surface area contributed by atoms with Gasteiger partial charge < -0.3 is 20.4 Å². The van der Waals surface area contributed by atoms with Crippen LogP contribution in [0.2, 0.25) is 0 Å². The van der Waals surface area contributed by atoms with Crippen LogP contribution in [0.25, 0.3) is 0 Å². The van der Waals surface area contributed by atoms with E-state index in [4.69, 9.17) is 0 Å². The number of nitrogens with zero attached hydrogens (tertiary/aromatic N) is 3. The minimum Gasteiger partial charge on any atom is -0.368 e. The molecule has 1 saturated heterocycles. The predicted molar refractivity (Wildman–Crippen MR) is 124 cm³/mol. The van der Waals surface area contributed by atoms with Crippen LogP contribution in [0.3, 0.4) is 0 Å². The van der Waals surface area contributed by atoms with Crippen molar-refractivity contribution in [2.24, 2.45) is 4.99 Å². The van der Waals surface area contributed by atoms with Gasteiger partial charge in [-0.25, -0.2) is 4.39 Å². The number of hydrogen-bond donors (Lipinski definition) is 2. The number of carbonyl (C=O) groups excluding carboxylic acids is 1. The van der Waals surface area contributed by atoms with Crippen LogP contribution in [0.15, 0.2) is 29.3 Å². The molecule has 3 rings (SSSR count). The maximum Gasteiger partial charge on any atom is 0.224 e. The third kappa shape index (κ3) is 6.52. The zero-order chi connectivity index (χ0) is 21.3. The number of piperazine rings is 1. The monoisotopic (exact) mass is 435 g/mol. The van der Waals surface area contributed by atoms with E-state index in [1.165, 1.54) is 31.4 Å². The van der Waals surface area contributed by atoms with Crippen molar-refractivity contribution in [1.29, 1.82) is 0 Å². The van der Waals surface area contributed by atoms with Gasteiger partial charge in [0.2, 0.25) is 5.91 Å². The van der Waals surface area contributed by atoms with E-state index in [-0.39, 0.29) is 11.7 Å². The Kier molecular flexibility index (Phi) is 8.66. The van der Waals surface area contributed by atoms with Gasteiger partial charge in [-0.3, -0.25) is 9.79 Å². The van der Waals surface area contributed by atoms with Crippen molar-refractivity contribution in [2.45, 2.75) is 43.9 Å². The number of benzene rings is 1. The first-order valence-corrected chi connectivity index (χ1v) is 12.2. The summed E-state index contributed by atoms with van der Waals surface area (Å²) in [6.07, 6.45) is 6.19. The number of carbonyl (C=O) groups is 1. The summed E-state index contributed by atoms with van der Waals surface area (Å²) in [5, 5.41) is 7.56. The lowest BCUT2D eigenvalue weighted by Crippen LogP contribution is -2.49. The molecule has 1 amide bonds. The molecule has 1 saturated carbocycles. The molecule has 1 heterocycles. The molecule has 166 valence electrons. The number of nitrogens with one attached hydrogen (secondary N) is 2. The summed E-state index contributed by atoms with van der Waals surface area (Å²) in [5.74, 6) is 0.742. The van der Waals surface area contributed by atoms with Crippen LogP contribution in [0.5, 0.6) is 0 Å². The molecule has 30 heavy (non-hydrogen) atoms. The zero-order valence-corrected chi connectivity index (χ0v) is 18.9. The maximum atomic E-state index is 13.1. The van der Waals surface area contributed by atoms with Gasteiger partial charge in [-0.1, -0.05) is 0 Å². The zero-order valence-electron chi connectivity index (χ0n) is 18.1. The first-order valence-electron chi connectivity index (χ1n) is 10.9. The van der Waals surface area contributed by atoms with Crippen molar-refractivity contribution in [3.63, 3.8) is 0 Å². The van der Waals surface area contributed by atoms with E-state index >= 15 is 0 Å². The summed E-state index contributed by atoms with van der Waals surface area (Å²) in [6, 6.07) is 7.02. The molecular weight excluding hydrogens is 401 g/mol. The summed E-state index contributed by atoms with van der Waals surface area (Å²) in [6.45, 7) is 6.27. The smallest absolute Gasteiger partial charge is 0.224 e. The van der Waals surface area contributed by atoms with Gasteiger partial charge in [-0.2, -0.15) is 11.8 Å². The van der Waals surface area contributed by atoms with E-state index in [2.05, 4.69) is 33.7 Å². The van der Waals surface area contributed by atoms with Gasteiger partial charge in [0.25, 0.3) is 0 Å². The Morgan fingerprint density at radius 2 is 1.93 bits per heavy atom. The molecule has 6 nitrogen and oxygen atoms in total. The molecule has 0 radical (unpaired) electrons. The third-order valence-corrected chi connectivity index (χ3v) is 6.92. The number of halogens is 1. The van der Waals surface area contributed by atoms with Gasteiger partial charge >= 0.3 is 0 Å². The van der Waals surface area contributed by atoms with E-state index in [1.807, 2.05) is 16.7 Å². The molecule has 2 unspecified atom stereocenters. The van der Waals surface area contributed by atoms with Gasteiger partial charge in [0.15, 0.2) is 5.96 Å². The molecule has 0 spiro atoms. The van der Waals surface area contributed by atoms with Crippen LogP contribution in [-0.4, -0.2) is 73.6 Å². The van der Waals surface area contributed by atoms with Crippen molar-refractivity contribution in [3.05, 3.63) is 30.1 Å². The van der Waals surface area contributed by atoms with Crippen molar-refractivity contribution >= 4 is 29.3 Å². The van der Waals surface area contributed by atoms with Crippen LogP contribution in [0, 0.1) is 5.82 Å². The number of amides is 1. The number of rotatable bonds is 7. The third-order valence-electron chi connectivity index (χ3n) is 5.82. The van der Waals surface area contributed by atoms with Gasteiger partial charge in [-0.15, -0.1) is 0 Å². The maximum absolute atomic E-state index is 13.1. The van der Waals surface area contributed by atoms with E-state index in [1.54, 1.807) is 12.1 Å². The molecule has 2 fully saturated rings. The number of anilines is 1. The minimum absolute atomic E-state index is 0.150. The van der Waals surface area contributed by atoms with Crippen molar-refractivity contribution in [2.75, 3.05) is 50.4 Å². The van der Waals surface area contributed by atoms with E-state index < -0.39 is 0 Å².